The van der Waals surface area contributed by atoms with E-state index in [4.69, 9.17) is 11.6 Å². The van der Waals surface area contributed by atoms with Crippen LogP contribution in [0.15, 0.2) is 18.2 Å². The van der Waals surface area contributed by atoms with E-state index in [0.717, 1.165) is 0 Å². The number of halogens is 1. The predicted molar refractivity (Wildman–Crippen MR) is 47.4 cm³/mol. The summed E-state index contributed by atoms with van der Waals surface area (Å²) in [5, 5.41) is 2.31. The Balaban J connectivity index is 2.83. The lowest BCUT2D eigenvalue weighted by molar-refractivity contribution is -0.118. The first kappa shape index (κ1) is 9.67. The molecule has 2 amide bonds. The van der Waals surface area contributed by atoms with Crippen LogP contribution < -0.4 is 5.32 Å². The monoisotopic (exact) mass is 198 g/mol. The van der Waals surface area contributed by atoms with Crippen molar-refractivity contribution in [1.29, 1.82) is 0 Å². The Morgan fingerprint density at radius 2 is 2.15 bits per heavy atom. The third-order valence-corrected chi connectivity index (χ3v) is 1.45. The Kier molecular flexibility index (Phi) is 2.97. The van der Waals surface area contributed by atoms with Crippen LogP contribution in [0.1, 0.15) is 17.4 Å². The molecule has 0 fully saturated rings. The Morgan fingerprint density at radius 3 is 2.69 bits per heavy atom. The van der Waals surface area contributed by atoms with Gasteiger partial charge in [-0.25, -0.2) is 4.98 Å². The molecule has 0 bridgehead atoms. The third kappa shape index (κ3) is 2.83. The average molecular weight is 199 g/mol. The van der Waals surface area contributed by atoms with Crippen molar-refractivity contribution in [3.05, 3.63) is 29.0 Å². The van der Waals surface area contributed by atoms with Crippen LogP contribution in [0.4, 0.5) is 0 Å². The lowest BCUT2D eigenvalue weighted by Gasteiger charge is -1.99. The van der Waals surface area contributed by atoms with Crippen molar-refractivity contribution in [2.45, 2.75) is 6.92 Å². The normalized spacial score (nSPS) is 9.38. The summed E-state index contributed by atoms with van der Waals surface area (Å²) in [4.78, 5) is 25.4. The predicted octanol–water partition coefficient (Wildman–Crippen LogP) is 1.01. The van der Waals surface area contributed by atoms with Crippen LogP contribution in [0, 0.1) is 0 Å². The van der Waals surface area contributed by atoms with Gasteiger partial charge in [-0.3, -0.25) is 14.9 Å². The van der Waals surface area contributed by atoms with Crippen LogP contribution in [-0.4, -0.2) is 16.8 Å². The van der Waals surface area contributed by atoms with Crippen LogP contribution in [0.25, 0.3) is 0 Å². The van der Waals surface area contributed by atoms with Gasteiger partial charge in [0.1, 0.15) is 10.8 Å². The van der Waals surface area contributed by atoms with E-state index in [1.165, 1.54) is 13.0 Å². The maximum absolute atomic E-state index is 11.2. The van der Waals surface area contributed by atoms with Crippen molar-refractivity contribution in [2.75, 3.05) is 0 Å². The number of hydrogen-bond acceptors (Lipinski definition) is 3. The van der Waals surface area contributed by atoms with Gasteiger partial charge in [0, 0.05) is 6.92 Å². The molecule has 0 aromatic carbocycles. The van der Waals surface area contributed by atoms with E-state index in [2.05, 4.69) is 10.3 Å². The SMILES string of the molecule is CC(=O)NC(=O)c1cccc(Cl)n1. The first-order valence-corrected chi connectivity index (χ1v) is 3.92. The van der Waals surface area contributed by atoms with Crippen molar-refractivity contribution < 1.29 is 9.59 Å². The molecule has 0 spiro atoms. The molecular formula is C8H7ClN2O2. The quantitative estimate of drug-likeness (QED) is 0.686. The molecule has 0 saturated heterocycles. The van der Waals surface area contributed by atoms with Crippen LogP contribution in [0.3, 0.4) is 0 Å². The fourth-order valence-electron chi connectivity index (χ4n) is 0.759. The number of amides is 2. The molecule has 0 radical (unpaired) electrons. The molecule has 4 nitrogen and oxygen atoms in total. The Morgan fingerprint density at radius 1 is 1.46 bits per heavy atom. The number of rotatable bonds is 1. The Labute approximate surface area is 79.9 Å². The number of aromatic nitrogens is 1. The molecule has 68 valence electrons. The summed E-state index contributed by atoms with van der Waals surface area (Å²) in [6.07, 6.45) is 0. The molecule has 5 heteroatoms. The number of hydrogen-bond donors (Lipinski definition) is 1. The highest BCUT2D eigenvalue weighted by Crippen LogP contribution is 2.04. The van der Waals surface area contributed by atoms with E-state index in [9.17, 15) is 9.59 Å². The summed E-state index contributed by atoms with van der Waals surface area (Å²) in [6.45, 7) is 1.25. The van der Waals surface area contributed by atoms with Gasteiger partial charge in [-0.1, -0.05) is 17.7 Å². The van der Waals surface area contributed by atoms with Crippen molar-refractivity contribution in [1.82, 2.24) is 10.3 Å². The summed E-state index contributed by atoms with van der Waals surface area (Å²) >= 11 is 5.55. The molecule has 0 aliphatic heterocycles. The van der Waals surface area contributed by atoms with Gasteiger partial charge >= 0.3 is 0 Å². The zero-order valence-electron chi connectivity index (χ0n) is 6.87. The van der Waals surface area contributed by atoms with Crippen LogP contribution in [0.2, 0.25) is 5.15 Å². The topological polar surface area (TPSA) is 59.1 Å². The smallest absolute Gasteiger partial charge is 0.276 e. The van der Waals surface area contributed by atoms with Crippen molar-refractivity contribution >= 4 is 23.4 Å². The van der Waals surface area contributed by atoms with E-state index in [1.54, 1.807) is 12.1 Å². The van der Waals surface area contributed by atoms with E-state index < -0.39 is 11.8 Å². The molecule has 0 saturated carbocycles. The molecule has 0 aliphatic rings. The number of carbonyl (C=O) groups is 2. The highest BCUT2D eigenvalue weighted by molar-refractivity contribution is 6.29. The second kappa shape index (κ2) is 4.00. The highest BCUT2D eigenvalue weighted by Gasteiger charge is 2.08. The van der Waals surface area contributed by atoms with E-state index in [1.807, 2.05) is 0 Å². The van der Waals surface area contributed by atoms with E-state index in [0.29, 0.717) is 0 Å². The molecule has 1 aromatic rings. The minimum Gasteiger partial charge on any atom is -0.291 e. The van der Waals surface area contributed by atoms with Crippen LogP contribution in [0.5, 0.6) is 0 Å². The standard InChI is InChI=1S/C8H7ClN2O2/c1-5(12)10-8(13)6-3-2-4-7(9)11-6/h2-4H,1H3,(H,10,12,13). The lowest BCUT2D eigenvalue weighted by Crippen LogP contribution is -2.28. The Bertz CT molecular complexity index is 352. The molecule has 13 heavy (non-hydrogen) atoms. The van der Waals surface area contributed by atoms with Crippen LogP contribution >= 0.6 is 11.6 Å². The van der Waals surface area contributed by atoms with Crippen molar-refractivity contribution in [2.24, 2.45) is 0 Å². The molecule has 1 rings (SSSR count). The molecule has 1 heterocycles. The summed E-state index contributed by atoms with van der Waals surface area (Å²) in [7, 11) is 0. The summed E-state index contributed by atoms with van der Waals surface area (Å²) in [5.41, 5.74) is 0.128. The first-order chi connectivity index (χ1) is 6.09. The minimum atomic E-state index is -0.546. The van der Waals surface area contributed by atoms with Gasteiger partial charge in [0.05, 0.1) is 0 Å². The molecule has 1 N–H and O–H groups in total. The zero-order chi connectivity index (χ0) is 9.84. The lowest BCUT2D eigenvalue weighted by atomic mass is 10.3. The average Bonchev–Trinajstić information content (AvgIpc) is 2.03. The van der Waals surface area contributed by atoms with Crippen LogP contribution in [-0.2, 0) is 4.79 Å². The van der Waals surface area contributed by atoms with Gasteiger partial charge in [0.15, 0.2) is 0 Å². The number of pyridine rings is 1. The summed E-state index contributed by atoms with van der Waals surface area (Å²) < 4.78 is 0. The molecule has 0 aliphatic carbocycles. The van der Waals surface area contributed by atoms with Crippen molar-refractivity contribution in [3.63, 3.8) is 0 Å². The van der Waals surface area contributed by atoms with Gasteiger partial charge in [-0.2, -0.15) is 0 Å². The number of carbonyl (C=O) groups excluding carboxylic acids is 2. The maximum atomic E-state index is 11.2. The maximum Gasteiger partial charge on any atom is 0.276 e. The molecule has 0 atom stereocenters. The van der Waals surface area contributed by atoms with Gasteiger partial charge in [0.2, 0.25) is 5.91 Å². The van der Waals surface area contributed by atoms with E-state index in [-0.39, 0.29) is 10.8 Å². The fourth-order valence-corrected chi connectivity index (χ4v) is 0.922. The number of nitrogens with zero attached hydrogens (tertiary/aromatic N) is 1. The van der Waals surface area contributed by atoms with Gasteiger partial charge in [0.25, 0.3) is 5.91 Å². The largest absolute Gasteiger partial charge is 0.291 e. The fraction of sp³-hybridized carbons (Fsp3) is 0.125. The Hall–Kier alpha value is -1.42. The minimum absolute atomic E-state index is 0.128. The zero-order valence-corrected chi connectivity index (χ0v) is 7.63. The van der Waals surface area contributed by atoms with E-state index >= 15 is 0 Å². The molecule has 0 unspecified atom stereocenters. The third-order valence-electron chi connectivity index (χ3n) is 1.24. The molecule has 1 aromatic heterocycles. The van der Waals surface area contributed by atoms with Crippen molar-refractivity contribution in [3.8, 4) is 0 Å². The van der Waals surface area contributed by atoms with Gasteiger partial charge < -0.3 is 0 Å². The number of imide groups is 1. The number of nitrogens with one attached hydrogen (secondary N) is 1. The van der Waals surface area contributed by atoms with Gasteiger partial charge in [-0.05, 0) is 12.1 Å². The summed E-state index contributed by atoms with van der Waals surface area (Å²) in [6, 6.07) is 4.61. The highest BCUT2D eigenvalue weighted by atomic mass is 35.5. The van der Waals surface area contributed by atoms with Gasteiger partial charge in [-0.15, -0.1) is 0 Å². The second-order valence-electron chi connectivity index (χ2n) is 2.36. The second-order valence-corrected chi connectivity index (χ2v) is 2.74. The first-order valence-electron chi connectivity index (χ1n) is 3.54. The molecular weight excluding hydrogens is 192 g/mol. The summed E-state index contributed by atoms with van der Waals surface area (Å²) in [5.74, 6) is -0.971.